The van der Waals surface area contributed by atoms with Gasteiger partial charge in [-0.2, -0.15) is 0 Å². The molecule has 5 heteroatoms. The van der Waals surface area contributed by atoms with E-state index in [4.69, 9.17) is 0 Å². The molecule has 2 rings (SSSR count). The molecule has 1 N–H and O–H groups in total. The van der Waals surface area contributed by atoms with Crippen LogP contribution in [0.15, 0.2) is 28.7 Å². The molecule has 0 aliphatic rings. The fraction of sp³-hybridized carbons (Fsp3) is 0.231. The first-order valence-electron chi connectivity index (χ1n) is 5.35. The predicted octanol–water partition coefficient (Wildman–Crippen LogP) is 4.37. The van der Waals surface area contributed by atoms with Gasteiger partial charge in [-0.15, -0.1) is 11.3 Å². The van der Waals surface area contributed by atoms with E-state index in [1.165, 1.54) is 23.5 Å². The summed E-state index contributed by atoms with van der Waals surface area (Å²) in [4.78, 5) is 1.83. The monoisotopic (exact) mass is 332 g/mol. The van der Waals surface area contributed by atoms with Crippen molar-refractivity contribution < 1.29 is 13.9 Å². The molecule has 96 valence electrons. The topological polar surface area (TPSA) is 20.2 Å². The molecule has 0 spiro atoms. The fourth-order valence-electron chi connectivity index (χ4n) is 1.64. The maximum atomic E-state index is 13.5. The summed E-state index contributed by atoms with van der Waals surface area (Å²) in [5, 5.41) is 10.0. The van der Waals surface area contributed by atoms with E-state index in [0.29, 0.717) is 5.56 Å². The van der Waals surface area contributed by atoms with Gasteiger partial charge in [-0.05, 0) is 40.5 Å². The SMILES string of the molecule is Cc1sc(C(O)Cc2ccc(F)cc2F)cc1Br. The number of aryl methyl sites for hydroxylation is 1. The Morgan fingerprint density at radius 3 is 2.61 bits per heavy atom. The minimum atomic E-state index is -0.778. The Balaban J connectivity index is 2.18. The Hall–Kier alpha value is -0.780. The molecular weight excluding hydrogens is 322 g/mol. The van der Waals surface area contributed by atoms with Crippen LogP contribution >= 0.6 is 27.3 Å². The van der Waals surface area contributed by atoms with E-state index in [1.807, 2.05) is 13.0 Å². The summed E-state index contributed by atoms with van der Waals surface area (Å²) in [6.07, 6.45) is -0.640. The highest BCUT2D eigenvalue weighted by atomic mass is 79.9. The van der Waals surface area contributed by atoms with Crippen LogP contribution < -0.4 is 0 Å². The zero-order valence-electron chi connectivity index (χ0n) is 9.58. The number of halogens is 3. The van der Waals surface area contributed by atoms with Gasteiger partial charge >= 0.3 is 0 Å². The summed E-state index contributed by atoms with van der Waals surface area (Å²) < 4.78 is 27.1. The van der Waals surface area contributed by atoms with Crippen LogP contribution in [0.4, 0.5) is 8.78 Å². The van der Waals surface area contributed by atoms with Crippen LogP contribution in [0.1, 0.15) is 21.4 Å². The lowest BCUT2D eigenvalue weighted by atomic mass is 10.1. The maximum Gasteiger partial charge on any atom is 0.129 e. The van der Waals surface area contributed by atoms with Crippen molar-refractivity contribution in [3.05, 3.63) is 55.7 Å². The molecular formula is C13H11BrF2OS. The van der Waals surface area contributed by atoms with Gasteiger partial charge < -0.3 is 5.11 Å². The fourth-order valence-corrected chi connectivity index (χ4v) is 3.19. The minimum absolute atomic E-state index is 0.137. The highest BCUT2D eigenvalue weighted by Gasteiger charge is 2.15. The van der Waals surface area contributed by atoms with Gasteiger partial charge in [-0.1, -0.05) is 6.07 Å². The molecule has 1 nitrogen and oxygen atoms in total. The molecule has 1 aromatic heterocycles. The number of thiophene rings is 1. The van der Waals surface area contributed by atoms with Crippen LogP contribution in [0.25, 0.3) is 0 Å². The predicted molar refractivity (Wildman–Crippen MR) is 71.8 cm³/mol. The second-order valence-electron chi connectivity index (χ2n) is 4.01. The Morgan fingerprint density at radius 2 is 2.06 bits per heavy atom. The van der Waals surface area contributed by atoms with Gasteiger partial charge in [0.1, 0.15) is 11.6 Å². The maximum absolute atomic E-state index is 13.5. The van der Waals surface area contributed by atoms with E-state index < -0.39 is 17.7 Å². The molecule has 1 heterocycles. The van der Waals surface area contributed by atoms with Gasteiger partial charge in [0.2, 0.25) is 0 Å². The molecule has 2 aromatic rings. The number of hydrogen-bond donors (Lipinski definition) is 1. The van der Waals surface area contributed by atoms with Crippen molar-refractivity contribution in [2.24, 2.45) is 0 Å². The van der Waals surface area contributed by atoms with Crippen molar-refractivity contribution in [2.45, 2.75) is 19.4 Å². The third kappa shape index (κ3) is 2.96. The molecule has 18 heavy (non-hydrogen) atoms. The van der Waals surface area contributed by atoms with Crippen molar-refractivity contribution in [1.82, 2.24) is 0 Å². The largest absolute Gasteiger partial charge is 0.387 e. The summed E-state index contributed by atoms with van der Waals surface area (Å²) in [6, 6.07) is 5.22. The summed E-state index contributed by atoms with van der Waals surface area (Å²) >= 11 is 4.83. The van der Waals surface area contributed by atoms with Crippen LogP contribution in [-0.4, -0.2) is 5.11 Å². The Bertz CT molecular complexity index is 549. The van der Waals surface area contributed by atoms with E-state index in [1.54, 1.807) is 0 Å². The molecule has 1 unspecified atom stereocenters. The highest BCUT2D eigenvalue weighted by Crippen LogP contribution is 2.32. The van der Waals surface area contributed by atoms with Crippen molar-refractivity contribution in [3.63, 3.8) is 0 Å². The highest BCUT2D eigenvalue weighted by molar-refractivity contribution is 9.10. The van der Waals surface area contributed by atoms with Crippen LogP contribution in [0.5, 0.6) is 0 Å². The third-order valence-electron chi connectivity index (χ3n) is 2.63. The van der Waals surface area contributed by atoms with Gasteiger partial charge in [-0.25, -0.2) is 8.78 Å². The lowest BCUT2D eigenvalue weighted by molar-refractivity contribution is 0.181. The van der Waals surface area contributed by atoms with E-state index in [9.17, 15) is 13.9 Å². The molecule has 0 amide bonds. The standard InChI is InChI=1S/C13H11BrF2OS/c1-7-10(14)6-13(18-7)12(17)4-8-2-3-9(15)5-11(8)16/h2-3,5-6,12,17H,4H2,1H3. The Labute approximate surface area is 116 Å². The van der Waals surface area contributed by atoms with E-state index in [-0.39, 0.29) is 6.42 Å². The second kappa shape index (κ2) is 5.47. The molecule has 0 fully saturated rings. The van der Waals surface area contributed by atoms with Crippen LogP contribution in [0.3, 0.4) is 0 Å². The normalized spacial score (nSPS) is 12.7. The number of aliphatic hydroxyl groups is 1. The van der Waals surface area contributed by atoms with Crippen molar-refractivity contribution in [1.29, 1.82) is 0 Å². The van der Waals surface area contributed by atoms with Gasteiger partial charge in [0.15, 0.2) is 0 Å². The average Bonchev–Trinajstić information content (AvgIpc) is 2.63. The zero-order valence-corrected chi connectivity index (χ0v) is 12.0. The molecule has 1 aromatic carbocycles. The van der Waals surface area contributed by atoms with E-state index in [0.717, 1.165) is 20.3 Å². The van der Waals surface area contributed by atoms with Gasteiger partial charge in [0.25, 0.3) is 0 Å². The molecule has 1 atom stereocenters. The van der Waals surface area contributed by atoms with Crippen LogP contribution in [0.2, 0.25) is 0 Å². The molecule has 0 bridgehead atoms. The third-order valence-corrected chi connectivity index (χ3v) is 4.87. The quantitative estimate of drug-likeness (QED) is 0.884. The first-order chi connectivity index (χ1) is 8.47. The summed E-state index contributed by atoms with van der Waals surface area (Å²) in [7, 11) is 0. The van der Waals surface area contributed by atoms with E-state index in [2.05, 4.69) is 15.9 Å². The van der Waals surface area contributed by atoms with Crippen LogP contribution in [-0.2, 0) is 6.42 Å². The number of benzene rings is 1. The molecule has 0 saturated carbocycles. The number of aliphatic hydroxyl groups excluding tert-OH is 1. The van der Waals surface area contributed by atoms with Gasteiger partial charge in [0, 0.05) is 26.7 Å². The lowest BCUT2D eigenvalue weighted by Crippen LogP contribution is -2.02. The van der Waals surface area contributed by atoms with Crippen molar-refractivity contribution in [3.8, 4) is 0 Å². The molecule has 0 radical (unpaired) electrons. The molecule has 0 saturated heterocycles. The summed E-state index contributed by atoms with van der Waals surface area (Å²) in [6.45, 7) is 1.93. The molecule has 0 aliphatic heterocycles. The smallest absolute Gasteiger partial charge is 0.129 e. The first kappa shape index (κ1) is 13.6. The van der Waals surface area contributed by atoms with Crippen molar-refractivity contribution >= 4 is 27.3 Å². The van der Waals surface area contributed by atoms with Crippen molar-refractivity contribution in [2.75, 3.05) is 0 Å². The Kier molecular flexibility index (Phi) is 4.14. The average molecular weight is 333 g/mol. The summed E-state index contributed by atoms with van der Waals surface area (Å²) in [5.41, 5.74) is 0.311. The molecule has 0 aliphatic carbocycles. The minimum Gasteiger partial charge on any atom is -0.387 e. The van der Waals surface area contributed by atoms with Crippen LogP contribution in [0, 0.1) is 18.6 Å². The lowest BCUT2D eigenvalue weighted by Gasteiger charge is -2.09. The first-order valence-corrected chi connectivity index (χ1v) is 6.96. The Morgan fingerprint density at radius 1 is 1.33 bits per heavy atom. The summed E-state index contributed by atoms with van der Waals surface area (Å²) in [5.74, 6) is -1.23. The zero-order chi connectivity index (χ0) is 13.3. The second-order valence-corrected chi connectivity index (χ2v) is 6.15. The van der Waals surface area contributed by atoms with Gasteiger partial charge in [-0.3, -0.25) is 0 Å². The van der Waals surface area contributed by atoms with E-state index >= 15 is 0 Å². The van der Waals surface area contributed by atoms with Gasteiger partial charge in [0.05, 0.1) is 6.10 Å². The number of rotatable bonds is 3. The number of hydrogen-bond acceptors (Lipinski definition) is 2.